The van der Waals surface area contributed by atoms with Crippen LogP contribution < -0.4 is 15.5 Å². The Morgan fingerprint density at radius 1 is 0.810 bits per heavy atom. The topological polar surface area (TPSA) is 45.8 Å². The van der Waals surface area contributed by atoms with Gasteiger partial charge in [-0.05, 0) is 55.0 Å². The first kappa shape index (κ1) is 26.9. The molecule has 0 bridgehead atoms. The van der Waals surface area contributed by atoms with E-state index in [1.54, 1.807) is 0 Å². The van der Waals surface area contributed by atoms with Crippen molar-refractivity contribution in [2.45, 2.75) is 26.2 Å². The number of aryl methyl sites for hydroxylation is 1. The van der Waals surface area contributed by atoms with Crippen molar-refractivity contribution in [1.29, 1.82) is 0 Å². The van der Waals surface area contributed by atoms with Gasteiger partial charge in [-0.3, -0.25) is 4.74 Å². The van der Waals surface area contributed by atoms with Gasteiger partial charge in [0.15, 0.2) is 5.82 Å². The van der Waals surface area contributed by atoms with Crippen molar-refractivity contribution in [2.24, 2.45) is 9.74 Å². The van der Waals surface area contributed by atoms with Gasteiger partial charge in [0, 0.05) is 45.2 Å². The zero-order chi connectivity index (χ0) is 29.1. The van der Waals surface area contributed by atoms with E-state index in [2.05, 4.69) is 146 Å². The van der Waals surface area contributed by atoms with E-state index in [1.165, 1.54) is 22.3 Å². The largest absolute Gasteiger partial charge is 0.346 e. The fourth-order valence-corrected chi connectivity index (χ4v) is 10.9. The minimum Gasteiger partial charge on any atom is -0.346 e. The lowest BCUT2D eigenvalue weighted by molar-refractivity contribution is 0.639. The Balaban J connectivity index is 1.66. The van der Waals surface area contributed by atoms with Crippen LogP contribution in [0.3, 0.4) is 0 Å². The Morgan fingerprint density at radius 3 is 2.14 bits per heavy atom. The summed E-state index contributed by atoms with van der Waals surface area (Å²) in [7, 11) is -0.518. The molecule has 42 heavy (non-hydrogen) atoms. The van der Waals surface area contributed by atoms with Crippen molar-refractivity contribution in [2.75, 3.05) is 11.9 Å². The summed E-state index contributed by atoms with van der Waals surface area (Å²) in [6.45, 7) is 6.75. The normalized spacial score (nSPS) is 20.4. The molecule has 4 aromatic carbocycles. The van der Waals surface area contributed by atoms with Gasteiger partial charge in [0.05, 0.1) is 29.4 Å². The number of aliphatic imine (C=N–C) groups is 1. The third-order valence-electron chi connectivity index (χ3n) is 8.32. The Kier molecular flexibility index (Phi) is 6.45. The summed E-state index contributed by atoms with van der Waals surface area (Å²) >= 11 is 3.62. The molecule has 0 aliphatic carbocycles. The van der Waals surface area contributed by atoms with Gasteiger partial charge < -0.3 is 4.90 Å². The summed E-state index contributed by atoms with van der Waals surface area (Å²) in [5.74, 6) is 0.845. The number of aromatic nitrogens is 2. The molecule has 0 N–H and O–H groups in total. The number of nitrogens with zero attached hydrogens (tertiary/aromatic N) is 5. The summed E-state index contributed by atoms with van der Waals surface area (Å²) < 4.78 is 8.83. The van der Waals surface area contributed by atoms with E-state index in [4.69, 9.17) is 14.8 Å². The second-order valence-corrected chi connectivity index (χ2v) is 15.1. The molecule has 1 aromatic heterocycles. The monoisotopic (exact) mass is 631 g/mol. The smallest absolute Gasteiger partial charge is 0.165 e. The number of fused-ring (bicyclic) bond motifs is 2. The van der Waals surface area contributed by atoms with E-state index in [9.17, 15) is 0 Å². The molecule has 0 amide bonds. The van der Waals surface area contributed by atoms with E-state index in [-0.39, 0.29) is 5.41 Å². The summed E-state index contributed by atoms with van der Waals surface area (Å²) in [6.07, 6.45) is 2.09. The van der Waals surface area contributed by atoms with Crippen molar-refractivity contribution in [3.63, 3.8) is 0 Å². The predicted octanol–water partition coefficient (Wildman–Crippen LogP) is 8.78. The van der Waals surface area contributed by atoms with Crippen LogP contribution in [0.25, 0.3) is 5.69 Å². The minimum atomic E-state index is -2.70. The van der Waals surface area contributed by atoms with Crippen molar-refractivity contribution >= 4 is 57.0 Å². The average Bonchev–Trinajstić information content (AvgIpc) is 3.46. The molecule has 5 nitrogen and oxygen atoms in total. The van der Waals surface area contributed by atoms with Gasteiger partial charge in [-0.15, -0.1) is 0 Å². The predicted molar refractivity (Wildman–Crippen MR) is 180 cm³/mol. The molecule has 3 heterocycles. The Labute approximate surface area is 255 Å². The standard InChI is InChI=1S/C35H31BrN5P/c1-24-32-34(41(38-24)27-13-7-5-8-14-27)37-23-31(33-35(2,3)29-17-11-12-18-30(29)40(33)4)42(32,28-15-9-6-10-16-28)39-26-21-19-25(36)20-22-26/h5-23H,1-4H3/b33-31+/t42-/m1/s1. The van der Waals surface area contributed by atoms with Crippen LogP contribution in [-0.4, -0.2) is 23.0 Å². The second-order valence-electron chi connectivity index (χ2n) is 11.2. The van der Waals surface area contributed by atoms with Gasteiger partial charge in [0.25, 0.3) is 0 Å². The first-order valence-electron chi connectivity index (χ1n) is 14.0. The quantitative estimate of drug-likeness (QED) is 0.187. The molecule has 0 fully saturated rings. The molecule has 0 spiro atoms. The third kappa shape index (κ3) is 4.00. The van der Waals surface area contributed by atoms with E-state index in [0.717, 1.165) is 38.0 Å². The maximum Gasteiger partial charge on any atom is 0.165 e. The number of hydrogen-bond donors (Lipinski definition) is 0. The van der Waals surface area contributed by atoms with Crippen LogP contribution in [0.15, 0.2) is 134 Å². The van der Waals surface area contributed by atoms with Gasteiger partial charge in [-0.25, -0.2) is 9.67 Å². The molecule has 0 saturated carbocycles. The number of anilines is 1. The fraction of sp³-hybridized carbons (Fsp3) is 0.143. The van der Waals surface area contributed by atoms with E-state index >= 15 is 0 Å². The molecular formula is C35H31BrN5P. The highest BCUT2D eigenvalue weighted by Gasteiger charge is 2.47. The average molecular weight is 633 g/mol. The number of halogens is 1. The third-order valence-corrected chi connectivity index (χ3v) is 12.6. The van der Waals surface area contributed by atoms with E-state index in [0.29, 0.717) is 0 Å². The van der Waals surface area contributed by atoms with Crippen LogP contribution >= 0.6 is 23.0 Å². The SMILES string of the molecule is Cc1nn(-c2ccccc2)c2c1[P@@](=Nc1ccc(Br)cc1)(c1ccccc1)/C(=C1/N(C)c3ccccc3C1(C)C)C=N2. The van der Waals surface area contributed by atoms with Crippen molar-refractivity contribution in [1.82, 2.24) is 9.78 Å². The summed E-state index contributed by atoms with van der Waals surface area (Å²) in [5, 5.41) is 8.56. The first-order valence-corrected chi connectivity index (χ1v) is 16.6. The molecule has 5 aromatic rings. The number of rotatable bonds is 3. The summed E-state index contributed by atoms with van der Waals surface area (Å²) in [4.78, 5) is 7.56. The minimum absolute atomic E-state index is 0.261. The maximum absolute atomic E-state index is 5.82. The number of allylic oxidation sites excluding steroid dienone is 2. The highest BCUT2D eigenvalue weighted by Crippen LogP contribution is 2.64. The molecule has 1 atom stereocenters. The Bertz CT molecular complexity index is 1940. The maximum atomic E-state index is 5.82. The van der Waals surface area contributed by atoms with E-state index in [1.807, 2.05) is 22.9 Å². The van der Waals surface area contributed by atoms with Gasteiger partial charge in [-0.2, -0.15) is 5.10 Å². The number of benzene rings is 4. The van der Waals surface area contributed by atoms with Crippen LogP contribution in [0, 0.1) is 6.92 Å². The highest BCUT2D eigenvalue weighted by atomic mass is 79.9. The van der Waals surface area contributed by atoms with Crippen molar-refractivity contribution in [3.05, 3.63) is 136 Å². The van der Waals surface area contributed by atoms with Crippen LogP contribution in [0.5, 0.6) is 0 Å². The molecule has 0 unspecified atom stereocenters. The molecular weight excluding hydrogens is 601 g/mol. The van der Waals surface area contributed by atoms with Gasteiger partial charge >= 0.3 is 0 Å². The molecule has 7 heteroatoms. The number of likely N-dealkylation sites (N-methyl/N-ethyl adjacent to an activating group) is 1. The molecule has 2 aliphatic heterocycles. The van der Waals surface area contributed by atoms with Crippen LogP contribution in [0.1, 0.15) is 25.1 Å². The van der Waals surface area contributed by atoms with Gasteiger partial charge in [0.1, 0.15) is 0 Å². The zero-order valence-corrected chi connectivity index (χ0v) is 26.5. The van der Waals surface area contributed by atoms with Crippen LogP contribution in [0.2, 0.25) is 0 Å². The zero-order valence-electron chi connectivity index (χ0n) is 24.0. The highest BCUT2D eigenvalue weighted by molar-refractivity contribution is 9.10. The number of para-hydroxylation sites is 2. The van der Waals surface area contributed by atoms with Crippen LogP contribution in [-0.2, 0) is 5.41 Å². The first-order chi connectivity index (χ1) is 20.3. The summed E-state index contributed by atoms with van der Waals surface area (Å²) in [5.41, 5.74) is 6.34. The summed E-state index contributed by atoms with van der Waals surface area (Å²) in [6, 6.07) is 38.1. The van der Waals surface area contributed by atoms with Crippen LogP contribution in [0.4, 0.5) is 17.2 Å². The van der Waals surface area contributed by atoms with Crippen molar-refractivity contribution in [3.8, 4) is 5.69 Å². The number of hydrogen-bond acceptors (Lipinski definition) is 4. The van der Waals surface area contributed by atoms with Gasteiger partial charge in [0.2, 0.25) is 0 Å². The lowest BCUT2D eigenvalue weighted by Gasteiger charge is -2.35. The van der Waals surface area contributed by atoms with Gasteiger partial charge in [-0.1, -0.05) is 96.5 Å². The lowest BCUT2D eigenvalue weighted by atomic mass is 9.84. The van der Waals surface area contributed by atoms with E-state index < -0.39 is 7.05 Å². The molecule has 0 saturated heterocycles. The second kappa shape index (κ2) is 10.1. The lowest BCUT2D eigenvalue weighted by Crippen LogP contribution is -2.30. The molecule has 0 radical (unpaired) electrons. The molecule has 2 aliphatic rings. The fourth-order valence-electron chi connectivity index (χ4n) is 6.50. The Hall–Kier alpha value is -3.99. The Morgan fingerprint density at radius 2 is 1.45 bits per heavy atom. The van der Waals surface area contributed by atoms with Crippen molar-refractivity contribution < 1.29 is 0 Å². The molecule has 7 rings (SSSR count). The molecule has 208 valence electrons.